The molecule has 5 aromatic rings. The van der Waals surface area contributed by atoms with Gasteiger partial charge in [0.15, 0.2) is 5.75 Å². The van der Waals surface area contributed by atoms with Crippen LogP contribution in [0.25, 0.3) is 10.9 Å². The molecule has 1 aromatic heterocycles. The molecule has 6 rings (SSSR count). The first-order chi connectivity index (χ1) is 20.4. The fourth-order valence-corrected chi connectivity index (χ4v) is 5.15. The lowest BCUT2D eigenvalue weighted by Gasteiger charge is -2.23. The average Bonchev–Trinajstić information content (AvgIpc) is 3.34. The van der Waals surface area contributed by atoms with Crippen LogP contribution in [0, 0.1) is 5.82 Å². The third-order valence-corrected chi connectivity index (χ3v) is 7.20. The van der Waals surface area contributed by atoms with E-state index in [9.17, 15) is 14.0 Å². The molecule has 1 aliphatic rings. The number of rotatable bonds is 7. The van der Waals surface area contributed by atoms with E-state index < -0.39 is 12.2 Å². The molecule has 42 heavy (non-hydrogen) atoms. The Balaban J connectivity index is 1.53. The molecule has 0 saturated carbocycles. The molecular weight excluding hydrogens is 533 g/mol. The third-order valence-electron chi connectivity index (χ3n) is 7.20. The highest BCUT2D eigenvalue weighted by Gasteiger charge is 2.38. The fraction of sp³-hybridized carbons (Fsp3) is 0.147. The summed E-state index contributed by atoms with van der Waals surface area (Å²) in [5, 5.41) is 0.553. The van der Waals surface area contributed by atoms with Gasteiger partial charge in [-0.15, -0.1) is 0 Å². The minimum Gasteiger partial charge on any atom is -0.478 e. The Hall–Kier alpha value is -5.24. The number of carbonyl (C=O) groups is 2. The quantitative estimate of drug-likeness (QED) is 0.220. The van der Waals surface area contributed by atoms with Crippen LogP contribution in [-0.2, 0) is 13.1 Å². The third kappa shape index (κ3) is 5.14. The molecule has 4 aromatic carbocycles. The lowest BCUT2D eigenvalue weighted by molar-refractivity contribution is 0.0762. The van der Waals surface area contributed by atoms with E-state index in [1.54, 1.807) is 49.5 Å². The maximum atomic E-state index is 14.2. The van der Waals surface area contributed by atoms with E-state index in [2.05, 4.69) is 4.98 Å². The molecule has 0 fully saturated rings. The Morgan fingerprint density at radius 3 is 2.17 bits per heavy atom. The van der Waals surface area contributed by atoms with Crippen LogP contribution in [0.5, 0.6) is 11.5 Å². The topological polar surface area (TPSA) is 72.0 Å². The van der Waals surface area contributed by atoms with E-state index in [0.717, 1.165) is 16.7 Å². The molecule has 1 aliphatic heterocycles. The number of ether oxygens (including phenoxy) is 2. The summed E-state index contributed by atoms with van der Waals surface area (Å²) in [4.78, 5) is 34.5. The van der Waals surface area contributed by atoms with Gasteiger partial charge in [0.25, 0.3) is 5.91 Å². The highest BCUT2D eigenvalue weighted by Crippen LogP contribution is 2.46. The second kappa shape index (κ2) is 11.3. The number of hydrogen-bond donors (Lipinski definition) is 0. The molecular formula is C34H28FN3O4. The van der Waals surface area contributed by atoms with Crippen molar-refractivity contribution < 1.29 is 23.5 Å². The van der Waals surface area contributed by atoms with E-state index in [1.165, 1.54) is 17.0 Å². The van der Waals surface area contributed by atoms with E-state index in [-0.39, 0.29) is 30.6 Å². The molecule has 7 nitrogen and oxygen atoms in total. The summed E-state index contributed by atoms with van der Waals surface area (Å²) in [5.74, 6) is -0.0629. The number of pyridine rings is 1. The van der Waals surface area contributed by atoms with Crippen LogP contribution in [-0.4, -0.2) is 40.9 Å². The molecule has 0 bridgehead atoms. The van der Waals surface area contributed by atoms with Gasteiger partial charge in [-0.3, -0.25) is 9.78 Å². The van der Waals surface area contributed by atoms with E-state index in [0.29, 0.717) is 27.8 Å². The SMILES string of the molecule is CN(C)C(=O)Oc1c2c(c(OC(c3ccccc3)c3ccccc3)c3ncccc13)C(=O)N(Cc1ccc(F)cc1)C2. The second-order valence-corrected chi connectivity index (χ2v) is 10.3. The van der Waals surface area contributed by atoms with Crippen LogP contribution in [0.3, 0.4) is 0 Å². The van der Waals surface area contributed by atoms with Gasteiger partial charge in [-0.2, -0.15) is 0 Å². The highest BCUT2D eigenvalue weighted by molar-refractivity contribution is 6.09. The van der Waals surface area contributed by atoms with E-state index >= 15 is 0 Å². The molecule has 0 N–H and O–H groups in total. The maximum Gasteiger partial charge on any atom is 0.414 e. The standard InChI is InChI=1S/C34H28FN3O4/c1-37(2)34(40)42-31-26-14-9-19-36-29(26)32(41-30(23-10-5-3-6-11-23)24-12-7-4-8-13-24)28-27(31)21-38(33(28)39)20-22-15-17-25(35)18-16-22/h3-19,30H,20-21H2,1-2H3. The van der Waals surface area contributed by atoms with Gasteiger partial charge in [0.05, 0.1) is 12.1 Å². The first-order valence-electron chi connectivity index (χ1n) is 13.5. The van der Waals surface area contributed by atoms with Crippen LogP contribution in [0.15, 0.2) is 103 Å². The molecule has 0 radical (unpaired) electrons. The molecule has 210 valence electrons. The summed E-state index contributed by atoms with van der Waals surface area (Å²) < 4.78 is 26.3. The summed E-state index contributed by atoms with van der Waals surface area (Å²) in [6.07, 6.45) is 0.497. The summed E-state index contributed by atoms with van der Waals surface area (Å²) in [7, 11) is 3.19. The Bertz CT molecular complexity index is 1720. The minimum atomic E-state index is -0.577. The van der Waals surface area contributed by atoms with Crippen LogP contribution >= 0.6 is 0 Å². The number of nitrogens with zero attached hydrogens (tertiary/aromatic N) is 3. The minimum absolute atomic E-state index is 0.171. The van der Waals surface area contributed by atoms with Crippen molar-refractivity contribution in [1.29, 1.82) is 0 Å². The number of hydrogen-bond acceptors (Lipinski definition) is 5. The zero-order chi connectivity index (χ0) is 29.2. The van der Waals surface area contributed by atoms with Gasteiger partial charge in [-0.1, -0.05) is 72.8 Å². The average molecular weight is 562 g/mol. The van der Waals surface area contributed by atoms with Crippen LogP contribution in [0.1, 0.15) is 38.7 Å². The van der Waals surface area contributed by atoms with Crippen molar-refractivity contribution in [3.8, 4) is 11.5 Å². The van der Waals surface area contributed by atoms with Gasteiger partial charge >= 0.3 is 6.09 Å². The van der Waals surface area contributed by atoms with Crippen LogP contribution in [0.2, 0.25) is 0 Å². The highest BCUT2D eigenvalue weighted by atomic mass is 19.1. The van der Waals surface area contributed by atoms with Crippen molar-refractivity contribution in [1.82, 2.24) is 14.8 Å². The Kier molecular flexibility index (Phi) is 7.27. The molecule has 0 spiro atoms. The van der Waals surface area contributed by atoms with Gasteiger partial charge in [0.1, 0.15) is 23.2 Å². The lowest BCUT2D eigenvalue weighted by Crippen LogP contribution is -2.26. The number of benzene rings is 4. The predicted molar refractivity (Wildman–Crippen MR) is 157 cm³/mol. The van der Waals surface area contributed by atoms with Gasteiger partial charge < -0.3 is 19.3 Å². The normalized spacial score (nSPS) is 12.5. The summed E-state index contributed by atoms with van der Waals surface area (Å²) in [6.45, 7) is 0.406. The molecule has 2 heterocycles. The molecule has 0 unspecified atom stereocenters. The van der Waals surface area contributed by atoms with Gasteiger partial charge in [0.2, 0.25) is 0 Å². The Labute approximate surface area is 242 Å². The number of aromatic nitrogens is 1. The molecule has 0 atom stereocenters. The van der Waals surface area contributed by atoms with Crippen molar-refractivity contribution in [3.63, 3.8) is 0 Å². The van der Waals surface area contributed by atoms with Gasteiger partial charge in [-0.05, 0) is 41.0 Å². The van der Waals surface area contributed by atoms with Crippen molar-refractivity contribution >= 4 is 22.9 Å². The molecule has 8 heteroatoms. The number of carbonyl (C=O) groups excluding carboxylic acids is 2. The maximum absolute atomic E-state index is 14.2. The smallest absolute Gasteiger partial charge is 0.414 e. The van der Waals surface area contributed by atoms with Crippen molar-refractivity contribution in [2.75, 3.05) is 14.1 Å². The monoisotopic (exact) mass is 561 g/mol. The summed E-state index contributed by atoms with van der Waals surface area (Å²) in [5.41, 5.74) is 3.80. The van der Waals surface area contributed by atoms with E-state index in [1.807, 2.05) is 60.7 Å². The first-order valence-corrected chi connectivity index (χ1v) is 13.5. The van der Waals surface area contributed by atoms with Crippen molar-refractivity contribution in [3.05, 3.63) is 137 Å². The van der Waals surface area contributed by atoms with Crippen LogP contribution in [0.4, 0.5) is 9.18 Å². The van der Waals surface area contributed by atoms with Crippen LogP contribution < -0.4 is 9.47 Å². The summed E-state index contributed by atoms with van der Waals surface area (Å²) >= 11 is 0. The summed E-state index contributed by atoms with van der Waals surface area (Å²) in [6, 6.07) is 29.1. The largest absolute Gasteiger partial charge is 0.478 e. The van der Waals surface area contributed by atoms with Gasteiger partial charge in [0, 0.05) is 37.8 Å². The number of fused-ring (bicyclic) bond motifs is 2. The fourth-order valence-electron chi connectivity index (χ4n) is 5.15. The van der Waals surface area contributed by atoms with Gasteiger partial charge in [-0.25, -0.2) is 9.18 Å². The molecule has 2 amide bonds. The Morgan fingerprint density at radius 2 is 1.55 bits per heavy atom. The zero-order valence-electron chi connectivity index (χ0n) is 23.2. The Morgan fingerprint density at radius 1 is 0.905 bits per heavy atom. The lowest BCUT2D eigenvalue weighted by atomic mass is 9.99. The van der Waals surface area contributed by atoms with Crippen molar-refractivity contribution in [2.45, 2.75) is 19.2 Å². The number of amides is 2. The van der Waals surface area contributed by atoms with Crippen molar-refractivity contribution in [2.24, 2.45) is 0 Å². The second-order valence-electron chi connectivity index (χ2n) is 10.3. The number of halogens is 1. The molecule has 0 aliphatic carbocycles. The first kappa shape index (κ1) is 27.0. The van der Waals surface area contributed by atoms with E-state index in [4.69, 9.17) is 9.47 Å². The zero-order valence-corrected chi connectivity index (χ0v) is 23.2. The molecule has 0 saturated heterocycles. The predicted octanol–water partition coefficient (Wildman–Crippen LogP) is 6.76.